The number of hydrogen-bond donors (Lipinski definition) is 1. The predicted molar refractivity (Wildman–Crippen MR) is 63.6 cm³/mol. The Bertz CT molecular complexity index is 336. The molecule has 0 bridgehead atoms. The highest BCUT2D eigenvalue weighted by Gasteiger charge is 2.16. The molecule has 0 radical (unpaired) electrons. The summed E-state index contributed by atoms with van der Waals surface area (Å²) < 4.78 is 12.4. The summed E-state index contributed by atoms with van der Waals surface area (Å²) in [5, 5.41) is 4.34. The number of anilines is 1. The molecule has 1 atom stereocenters. The first-order valence-electron chi connectivity index (χ1n) is 5.57. The number of nitrogen functional groups attached to an aromatic ring is 1. The summed E-state index contributed by atoms with van der Waals surface area (Å²) in [5.41, 5.74) is 7.54. The first kappa shape index (κ1) is 12.8. The molecule has 0 amide bonds. The van der Waals surface area contributed by atoms with Crippen LogP contribution in [0.2, 0.25) is 0 Å². The fourth-order valence-electron chi connectivity index (χ4n) is 1.60. The van der Waals surface area contributed by atoms with Crippen LogP contribution in [0, 0.1) is 0 Å². The molecule has 0 aliphatic carbocycles. The Morgan fingerprint density at radius 1 is 1.50 bits per heavy atom. The van der Waals surface area contributed by atoms with Gasteiger partial charge >= 0.3 is 0 Å². The minimum absolute atomic E-state index is 0.0304. The highest BCUT2D eigenvalue weighted by atomic mass is 16.5. The maximum Gasteiger partial charge on any atom is 0.236 e. The normalized spacial score (nSPS) is 12.8. The van der Waals surface area contributed by atoms with Crippen LogP contribution < -0.4 is 10.5 Å². The monoisotopic (exact) mass is 227 g/mol. The van der Waals surface area contributed by atoms with Crippen molar-refractivity contribution in [1.82, 2.24) is 9.78 Å². The van der Waals surface area contributed by atoms with Gasteiger partial charge in [-0.25, -0.2) is 4.68 Å². The van der Waals surface area contributed by atoms with Gasteiger partial charge in [0.2, 0.25) is 5.88 Å². The van der Waals surface area contributed by atoms with Gasteiger partial charge in [-0.05, 0) is 13.3 Å². The molecule has 1 aromatic rings. The fraction of sp³-hybridized carbons (Fsp3) is 0.727. The Kier molecular flexibility index (Phi) is 4.61. The number of aryl methyl sites for hydroxylation is 2. The lowest BCUT2D eigenvalue weighted by atomic mass is 10.2. The maximum absolute atomic E-state index is 5.99. The van der Waals surface area contributed by atoms with Gasteiger partial charge in [-0.15, -0.1) is 0 Å². The molecule has 0 saturated heterocycles. The van der Waals surface area contributed by atoms with Crippen molar-refractivity contribution >= 4 is 5.69 Å². The van der Waals surface area contributed by atoms with Crippen molar-refractivity contribution in [3.8, 4) is 5.88 Å². The van der Waals surface area contributed by atoms with E-state index in [0.29, 0.717) is 18.2 Å². The number of aromatic nitrogens is 2. The van der Waals surface area contributed by atoms with Crippen LogP contribution in [-0.2, 0) is 18.2 Å². The average Bonchev–Trinajstić information content (AvgIpc) is 2.47. The molecule has 1 unspecified atom stereocenters. The number of methoxy groups -OCH3 is 1. The summed E-state index contributed by atoms with van der Waals surface area (Å²) in [6.07, 6.45) is 1.87. The van der Waals surface area contributed by atoms with Crippen molar-refractivity contribution in [1.29, 1.82) is 0 Å². The van der Waals surface area contributed by atoms with Crippen LogP contribution in [0.1, 0.15) is 26.0 Å². The van der Waals surface area contributed by atoms with Crippen LogP contribution in [0.5, 0.6) is 5.88 Å². The minimum atomic E-state index is -0.0304. The molecule has 2 N–H and O–H groups in total. The smallest absolute Gasteiger partial charge is 0.236 e. The Labute approximate surface area is 96.5 Å². The molecule has 16 heavy (non-hydrogen) atoms. The quantitative estimate of drug-likeness (QED) is 0.797. The average molecular weight is 227 g/mol. The van der Waals surface area contributed by atoms with Gasteiger partial charge in [0, 0.05) is 14.2 Å². The van der Waals surface area contributed by atoms with E-state index in [1.807, 2.05) is 14.0 Å². The van der Waals surface area contributed by atoms with E-state index in [-0.39, 0.29) is 6.10 Å². The van der Waals surface area contributed by atoms with Gasteiger partial charge in [0.15, 0.2) is 0 Å². The van der Waals surface area contributed by atoms with Crippen LogP contribution in [0.3, 0.4) is 0 Å². The largest absolute Gasteiger partial charge is 0.471 e. The molecule has 5 nitrogen and oxygen atoms in total. The maximum atomic E-state index is 5.99. The van der Waals surface area contributed by atoms with Crippen molar-refractivity contribution in [2.75, 3.05) is 19.5 Å². The van der Waals surface area contributed by atoms with Gasteiger partial charge in [0.05, 0.1) is 12.3 Å². The molecule has 0 aliphatic heterocycles. The third-order valence-corrected chi connectivity index (χ3v) is 2.31. The minimum Gasteiger partial charge on any atom is -0.471 e. The van der Waals surface area contributed by atoms with Crippen molar-refractivity contribution in [3.63, 3.8) is 0 Å². The number of rotatable bonds is 6. The number of nitrogens with zero attached hydrogens (tertiary/aromatic N) is 2. The SMILES string of the molecule is CCCc1nn(C)c(OC(C)COC)c1N. The zero-order valence-electron chi connectivity index (χ0n) is 10.5. The van der Waals surface area contributed by atoms with Crippen LogP contribution in [0.15, 0.2) is 0 Å². The van der Waals surface area contributed by atoms with Crippen molar-refractivity contribution in [3.05, 3.63) is 5.69 Å². The van der Waals surface area contributed by atoms with E-state index in [1.54, 1.807) is 11.8 Å². The van der Waals surface area contributed by atoms with Gasteiger partial charge < -0.3 is 15.2 Å². The third kappa shape index (κ3) is 2.88. The summed E-state index contributed by atoms with van der Waals surface area (Å²) in [5.74, 6) is 0.632. The first-order chi connectivity index (χ1) is 7.60. The third-order valence-electron chi connectivity index (χ3n) is 2.31. The highest BCUT2D eigenvalue weighted by Crippen LogP contribution is 2.26. The second-order valence-corrected chi connectivity index (χ2v) is 3.92. The fourth-order valence-corrected chi connectivity index (χ4v) is 1.60. The summed E-state index contributed by atoms with van der Waals surface area (Å²) in [6.45, 7) is 4.57. The molecule has 0 aromatic carbocycles. The number of nitrogens with two attached hydrogens (primary N) is 1. The lowest BCUT2D eigenvalue weighted by molar-refractivity contribution is 0.0865. The van der Waals surface area contributed by atoms with E-state index in [2.05, 4.69) is 12.0 Å². The lowest BCUT2D eigenvalue weighted by Gasteiger charge is -2.13. The second kappa shape index (κ2) is 5.75. The Hall–Kier alpha value is -1.23. The van der Waals surface area contributed by atoms with Gasteiger partial charge in [-0.2, -0.15) is 5.10 Å². The standard InChI is InChI=1S/C11H21N3O2/c1-5-6-9-10(12)11(14(3)13-9)16-8(2)7-15-4/h8H,5-7,12H2,1-4H3. The number of hydrogen-bond acceptors (Lipinski definition) is 4. The molecule has 92 valence electrons. The van der Waals surface area contributed by atoms with Gasteiger partial charge in [-0.1, -0.05) is 13.3 Å². The van der Waals surface area contributed by atoms with E-state index in [1.165, 1.54) is 0 Å². The van der Waals surface area contributed by atoms with Crippen molar-refractivity contribution < 1.29 is 9.47 Å². The summed E-state index contributed by atoms with van der Waals surface area (Å²) in [6, 6.07) is 0. The van der Waals surface area contributed by atoms with Gasteiger partial charge in [-0.3, -0.25) is 0 Å². The zero-order valence-corrected chi connectivity index (χ0v) is 10.5. The molecule has 1 rings (SSSR count). The molecule has 5 heteroatoms. The van der Waals surface area contributed by atoms with Gasteiger partial charge in [0.25, 0.3) is 0 Å². The molecule has 0 spiro atoms. The summed E-state index contributed by atoms with van der Waals surface area (Å²) in [7, 11) is 3.49. The second-order valence-electron chi connectivity index (χ2n) is 3.92. The van der Waals surface area contributed by atoms with E-state index < -0.39 is 0 Å². The molecular formula is C11H21N3O2. The Morgan fingerprint density at radius 2 is 2.19 bits per heavy atom. The molecule has 0 aliphatic rings. The topological polar surface area (TPSA) is 62.3 Å². The summed E-state index contributed by atoms with van der Waals surface area (Å²) >= 11 is 0. The van der Waals surface area contributed by atoms with E-state index >= 15 is 0 Å². The molecule has 1 heterocycles. The Balaban J connectivity index is 2.79. The molecular weight excluding hydrogens is 206 g/mol. The Morgan fingerprint density at radius 3 is 2.75 bits per heavy atom. The van der Waals surface area contributed by atoms with Crippen LogP contribution in [0.4, 0.5) is 5.69 Å². The predicted octanol–water partition coefficient (Wildman–Crippen LogP) is 1.37. The number of ether oxygens (including phenoxy) is 2. The van der Waals surface area contributed by atoms with Crippen molar-refractivity contribution in [2.24, 2.45) is 7.05 Å². The first-order valence-corrected chi connectivity index (χ1v) is 5.57. The lowest BCUT2D eigenvalue weighted by Crippen LogP contribution is -2.20. The highest BCUT2D eigenvalue weighted by molar-refractivity contribution is 5.53. The summed E-state index contributed by atoms with van der Waals surface area (Å²) in [4.78, 5) is 0. The van der Waals surface area contributed by atoms with E-state index in [9.17, 15) is 0 Å². The van der Waals surface area contributed by atoms with E-state index in [0.717, 1.165) is 18.5 Å². The van der Waals surface area contributed by atoms with Crippen molar-refractivity contribution in [2.45, 2.75) is 32.8 Å². The zero-order chi connectivity index (χ0) is 12.1. The van der Waals surface area contributed by atoms with E-state index in [4.69, 9.17) is 15.2 Å². The molecule has 1 aromatic heterocycles. The van der Waals surface area contributed by atoms with Crippen LogP contribution >= 0.6 is 0 Å². The molecule has 0 saturated carbocycles. The van der Waals surface area contributed by atoms with Crippen LogP contribution in [-0.4, -0.2) is 29.6 Å². The van der Waals surface area contributed by atoms with Gasteiger partial charge in [0.1, 0.15) is 11.8 Å². The van der Waals surface area contributed by atoms with Crippen LogP contribution in [0.25, 0.3) is 0 Å². The molecule has 0 fully saturated rings.